The summed E-state index contributed by atoms with van der Waals surface area (Å²) < 4.78 is 32.1. The van der Waals surface area contributed by atoms with Crippen LogP contribution >= 0.6 is 0 Å². The highest BCUT2D eigenvalue weighted by molar-refractivity contribution is 7.89. The lowest BCUT2D eigenvalue weighted by Crippen LogP contribution is -2.22. The number of rotatable bonds is 6. The number of carbonyl (C=O) groups excluding carboxylic acids is 1. The maximum Gasteiger partial charge on any atom is 0.339 e. The molecule has 1 atom stereocenters. The molecular formula is C31H30N2O4S. The number of ether oxygens (including phenoxy) is 1. The van der Waals surface area contributed by atoms with Gasteiger partial charge in [0.05, 0.1) is 21.7 Å². The maximum absolute atomic E-state index is 13.7. The smallest absolute Gasteiger partial charge is 0.339 e. The van der Waals surface area contributed by atoms with Gasteiger partial charge in [-0.05, 0) is 65.3 Å². The van der Waals surface area contributed by atoms with E-state index in [9.17, 15) is 13.2 Å². The first-order chi connectivity index (χ1) is 18.2. The molecule has 1 aliphatic rings. The third-order valence-electron chi connectivity index (χ3n) is 6.81. The number of para-hydroxylation sites is 1. The molecule has 0 fully saturated rings. The molecule has 1 aliphatic carbocycles. The Bertz CT molecular complexity index is 1640. The Morgan fingerprint density at radius 3 is 2.50 bits per heavy atom. The van der Waals surface area contributed by atoms with E-state index in [1.54, 1.807) is 18.2 Å². The van der Waals surface area contributed by atoms with E-state index in [4.69, 9.17) is 9.72 Å². The van der Waals surface area contributed by atoms with Crippen LogP contribution in [-0.2, 0) is 27.8 Å². The van der Waals surface area contributed by atoms with Crippen molar-refractivity contribution in [1.82, 2.24) is 9.29 Å². The van der Waals surface area contributed by atoms with E-state index < -0.39 is 16.0 Å². The van der Waals surface area contributed by atoms with Gasteiger partial charge in [-0.3, -0.25) is 0 Å². The Morgan fingerprint density at radius 1 is 1.00 bits per heavy atom. The minimum absolute atomic E-state index is 0.0384. The molecule has 6 nitrogen and oxygen atoms in total. The minimum atomic E-state index is -3.59. The van der Waals surface area contributed by atoms with Crippen LogP contribution in [0.1, 0.15) is 46.1 Å². The summed E-state index contributed by atoms with van der Waals surface area (Å²) in [6.07, 6.45) is 3.75. The number of pyridine rings is 1. The Hall–Kier alpha value is -3.81. The van der Waals surface area contributed by atoms with E-state index in [0.717, 1.165) is 50.4 Å². The molecule has 0 saturated carbocycles. The van der Waals surface area contributed by atoms with Crippen LogP contribution in [0.15, 0.2) is 83.8 Å². The van der Waals surface area contributed by atoms with Crippen LogP contribution in [0.5, 0.6) is 0 Å². The van der Waals surface area contributed by atoms with E-state index in [1.165, 1.54) is 20.2 Å². The quantitative estimate of drug-likeness (QED) is 0.290. The number of hydrogen-bond acceptors (Lipinski definition) is 5. The van der Waals surface area contributed by atoms with Crippen molar-refractivity contribution in [3.63, 3.8) is 0 Å². The molecule has 3 aromatic carbocycles. The first kappa shape index (κ1) is 25.8. The molecule has 1 heterocycles. The fraction of sp³-hybridized carbons (Fsp3) is 0.226. The molecule has 5 rings (SSSR count). The number of nitrogens with zero attached hydrogens (tertiary/aromatic N) is 2. The summed E-state index contributed by atoms with van der Waals surface area (Å²) in [5.41, 5.74) is 5.82. The first-order valence-electron chi connectivity index (χ1n) is 12.6. The van der Waals surface area contributed by atoms with Crippen LogP contribution in [0.2, 0.25) is 0 Å². The summed E-state index contributed by atoms with van der Waals surface area (Å²) in [5.74, 6) is -0.103. The van der Waals surface area contributed by atoms with Gasteiger partial charge in [-0.2, -0.15) is 0 Å². The van der Waals surface area contributed by atoms with Crippen LogP contribution in [-0.4, -0.2) is 37.8 Å². The largest absolute Gasteiger partial charge is 0.457 e. The highest BCUT2D eigenvalue weighted by Crippen LogP contribution is 2.38. The van der Waals surface area contributed by atoms with E-state index >= 15 is 0 Å². The number of allylic oxidation sites excluding steroid dienone is 1. The van der Waals surface area contributed by atoms with Crippen LogP contribution < -0.4 is 0 Å². The molecule has 1 aromatic heterocycles. The zero-order valence-corrected chi connectivity index (χ0v) is 22.5. The summed E-state index contributed by atoms with van der Waals surface area (Å²) in [7, 11) is -0.616. The number of benzene rings is 3. The lowest BCUT2D eigenvalue weighted by molar-refractivity contribution is 0.0473. The van der Waals surface area contributed by atoms with Gasteiger partial charge in [0.25, 0.3) is 0 Å². The Balaban J connectivity index is 1.54. The van der Waals surface area contributed by atoms with Crippen molar-refractivity contribution in [1.29, 1.82) is 0 Å². The molecule has 0 N–H and O–H groups in total. The van der Waals surface area contributed by atoms with Crippen molar-refractivity contribution in [3.05, 3.63) is 107 Å². The van der Waals surface area contributed by atoms with Crippen molar-refractivity contribution in [2.24, 2.45) is 5.92 Å². The Labute approximate surface area is 223 Å². The molecule has 0 amide bonds. The third-order valence-corrected chi connectivity index (χ3v) is 8.62. The van der Waals surface area contributed by atoms with Crippen molar-refractivity contribution in [2.75, 3.05) is 14.1 Å². The normalized spacial score (nSPS) is 16.5. The van der Waals surface area contributed by atoms with E-state index in [2.05, 4.69) is 25.1 Å². The number of sulfonamides is 1. The van der Waals surface area contributed by atoms with Gasteiger partial charge in [0.15, 0.2) is 0 Å². The first-order valence-corrected chi connectivity index (χ1v) is 14.0. The van der Waals surface area contributed by atoms with Crippen LogP contribution in [0.3, 0.4) is 0 Å². The molecule has 4 aromatic rings. The number of fused-ring (bicyclic) bond motifs is 2. The fourth-order valence-corrected chi connectivity index (χ4v) is 5.92. The average Bonchev–Trinajstić information content (AvgIpc) is 2.91. The second kappa shape index (κ2) is 10.5. The summed E-state index contributed by atoms with van der Waals surface area (Å²) >= 11 is 0. The molecule has 38 heavy (non-hydrogen) atoms. The molecule has 0 unspecified atom stereocenters. The van der Waals surface area contributed by atoms with Gasteiger partial charge in [-0.1, -0.05) is 67.6 Å². The monoisotopic (exact) mass is 526 g/mol. The zero-order valence-electron chi connectivity index (χ0n) is 21.7. The number of esters is 1. The van der Waals surface area contributed by atoms with Gasteiger partial charge in [-0.25, -0.2) is 22.5 Å². The molecule has 0 aliphatic heterocycles. The molecule has 0 radical (unpaired) electrons. The van der Waals surface area contributed by atoms with E-state index in [1.807, 2.05) is 42.5 Å². The summed E-state index contributed by atoms with van der Waals surface area (Å²) in [6, 6.07) is 24.3. The standard InChI is InChI=1S/C31H30N2O4S/c1-21-16-24(18-22-10-5-4-6-11-22)30-27(17-21)29(26-14-7-8-15-28(26)32-30)31(34)37-20-23-12-9-13-25(19-23)38(35,36)33(2)3/h4-15,18-19,21H,16-17,20H2,1-3H3/b24-18-/t21-/m0/s1. The maximum atomic E-state index is 13.7. The second-order valence-electron chi connectivity index (χ2n) is 9.94. The predicted molar refractivity (Wildman–Crippen MR) is 150 cm³/mol. The lowest BCUT2D eigenvalue weighted by atomic mass is 9.80. The third kappa shape index (κ3) is 5.12. The summed E-state index contributed by atoms with van der Waals surface area (Å²) in [4.78, 5) is 18.8. The highest BCUT2D eigenvalue weighted by Gasteiger charge is 2.29. The zero-order chi connectivity index (χ0) is 26.9. The van der Waals surface area contributed by atoms with Gasteiger partial charge in [0, 0.05) is 19.5 Å². The van der Waals surface area contributed by atoms with Crippen molar-refractivity contribution in [2.45, 2.75) is 31.3 Å². The minimum Gasteiger partial charge on any atom is -0.457 e. The molecule has 0 spiro atoms. The average molecular weight is 527 g/mol. The van der Waals surface area contributed by atoms with E-state index in [0.29, 0.717) is 17.0 Å². The van der Waals surface area contributed by atoms with Crippen LogP contribution in [0.25, 0.3) is 22.6 Å². The Kier molecular flexibility index (Phi) is 7.15. The highest BCUT2D eigenvalue weighted by atomic mass is 32.2. The summed E-state index contributed by atoms with van der Waals surface area (Å²) in [5, 5.41) is 0.758. The van der Waals surface area contributed by atoms with Crippen LogP contribution in [0.4, 0.5) is 0 Å². The molecule has 0 bridgehead atoms. The SMILES string of the molecule is C[C@H]1C/C(=C/c2ccccc2)c2nc3ccccc3c(C(=O)OCc3cccc(S(=O)(=O)N(C)C)c3)c2C1. The van der Waals surface area contributed by atoms with Crippen LogP contribution in [0, 0.1) is 5.92 Å². The van der Waals surface area contributed by atoms with Gasteiger partial charge in [0.1, 0.15) is 6.61 Å². The lowest BCUT2D eigenvalue weighted by Gasteiger charge is -2.26. The topological polar surface area (TPSA) is 76.6 Å². The number of aromatic nitrogens is 1. The van der Waals surface area contributed by atoms with Gasteiger partial charge >= 0.3 is 5.97 Å². The Morgan fingerprint density at radius 2 is 1.74 bits per heavy atom. The van der Waals surface area contributed by atoms with E-state index in [-0.39, 0.29) is 11.5 Å². The van der Waals surface area contributed by atoms with Crippen molar-refractivity contribution >= 4 is 38.5 Å². The van der Waals surface area contributed by atoms with Gasteiger partial charge in [-0.15, -0.1) is 0 Å². The molecule has 0 saturated heterocycles. The summed E-state index contributed by atoms with van der Waals surface area (Å²) in [6.45, 7) is 2.14. The number of hydrogen-bond donors (Lipinski definition) is 0. The molecule has 7 heteroatoms. The van der Waals surface area contributed by atoms with Crippen molar-refractivity contribution in [3.8, 4) is 0 Å². The fourth-order valence-electron chi connectivity index (χ4n) is 4.95. The predicted octanol–water partition coefficient (Wildman–Crippen LogP) is 5.97. The van der Waals surface area contributed by atoms with Gasteiger partial charge in [0.2, 0.25) is 10.0 Å². The molecular weight excluding hydrogens is 496 g/mol. The second-order valence-corrected chi connectivity index (χ2v) is 12.1. The molecule has 194 valence electrons. The number of carbonyl (C=O) groups is 1. The van der Waals surface area contributed by atoms with Gasteiger partial charge < -0.3 is 4.74 Å². The van der Waals surface area contributed by atoms with Crippen molar-refractivity contribution < 1.29 is 17.9 Å².